The Morgan fingerprint density at radius 3 is 2.59 bits per heavy atom. The van der Waals surface area contributed by atoms with Gasteiger partial charge in [0.15, 0.2) is 5.43 Å². The van der Waals surface area contributed by atoms with Gasteiger partial charge in [-0.15, -0.1) is 0 Å². The van der Waals surface area contributed by atoms with Crippen LogP contribution in [0.15, 0.2) is 59.4 Å². The van der Waals surface area contributed by atoms with Crippen molar-refractivity contribution in [3.8, 4) is 0 Å². The van der Waals surface area contributed by atoms with Crippen LogP contribution in [0.1, 0.15) is 18.2 Å². The van der Waals surface area contributed by atoms with Crippen LogP contribution in [0.25, 0.3) is 17.0 Å². The first-order valence-electron chi connectivity index (χ1n) is 8.36. The molecule has 0 unspecified atom stereocenters. The Balaban J connectivity index is 1.74. The molecule has 3 rings (SSSR count). The molecule has 0 aliphatic heterocycles. The number of anilines is 1. The molecule has 0 aliphatic carbocycles. The second-order valence-corrected chi connectivity index (χ2v) is 5.94. The monoisotopic (exact) mass is 363 g/mol. The molecule has 1 heterocycles. The predicted molar refractivity (Wildman–Crippen MR) is 105 cm³/mol. The van der Waals surface area contributed by atoms with Crippen LogP contribution in [0.4, 0.5) is 11.4 Å². The number of aryl methyl sites for hydroxylation is 1. The number of nitro benzene ring substituents is 1. The molecule has 0 saturated carbocycles. The number of aromatic amines is 1. The normalized spacial score (nSPS) is 11.0. The number of nitrogens with zero attached hydrogens (tertiary/aromatic N) is 1. The summed E-state index contributed by atoms with van der Waals surface area (Å²) in [6.07, 6.45) is 3.62. The molecule has 0 fully saturated rings. The SMILES string of the molecule is CCc1cc(=O)c2cc(NC(=O)/C=C/c3ccc([N+](=O)[O-])cc3)ccc2[nH]1. The Morgan fingerprint density at radius 1 is 1.19 bits per heavy atom. The van der Waals surface area contributed by atoms with Crippen LogP contribution in [0.2, 0.25) is 0 Å². The Hall–Kier alpha value is -3.74. The van der Waals surface area contributed by atoms with Crippen LogP contribution in [0.3, 0.4) is 0 Å². The number of hydrogen-bond donors (Lipinski definition) is 2. The van der Waals surface area contributed by atoms with E-state index in [1.54, 1.807) is 42.5 Å². The van der Waals surface area contributed by atoms with Crippen LogP contribution in [-0.4, -0.2) is 15.8 Å². The lowest BCUT2D eigenvalue weighted by Gasteiger charge is -2.06. The lowest BCUT2D eigenvalue weighted by molar-refractivity contribution is -0.384. The van der Waals surface area contributed by atoms with Gasteiger partial charge in [-0.1, -0.05) is 6.92 Å². The number of hydrogen-bond acceptors (Lipinski definition) is 4. The van der Waals surface area contributed by atoms with E-state index in [0.717, 1.165) is 17.6 Å². The maximum atomic E-state index is 12.2. The van der Waals surface area contributed by atoms with Crippen molar-refractivity contribution >= 4 is 34.3 Å². The molecular formula is C20H17N3O4. The molecule has 0 bridgehead atoms. The van der Waals surface area contributed by atoms with Crippen LogP contribution in [-0.2, 0) is 11.2 Å². The maximum absolute atomic E-state index is 12.2. The Morgan fingerprint density at radius 2 is 1.93 bits per heavy atom. The number of rotatable bonds is 5. The number of amides is 1. The number of non-ortho nitro benzene ring substituents is 1. The number of nitro groups is 1. The highest BCUT2D eigenvalue weighted by Gasteiger charge is 2.05. The number of fused-ring (bicyclic) bond motifs is 1. The molecule has 2 aromatic carbocycles. The summed E-state index contributed by atoms with van der Waals surface area (Å²) in [5, 5.41) is 13.8. The molecule has 27 heavy (non-hydrogen) atoms. The van der Waals surface area contributed by atoms with E-state index >= 15 is 0 Å². The molecule has 2 N–H and O–H groups in total. The van der Waals surface area contributed by atoms with Gasteiger partial charge in [0, 0.05) is 46.6 Å². The van der Waals surface area contributed by atoms with E-state index in [1.165, 1.54) is 18.2 Å². The summed E-state index contributed by atoms with van der Waals surface area (Å²) in [6.45, 7) is 1.96. The fourth-order valence-corrected chi connectivity index (χ4v) is 2.63. The Kier molecular flexibility index (Phi) is 5.12. The summed E-state index contributed by atoms with van der Waals surface area (Å²) in [4.78, 5) is 37.6. The minimum absolute atomic E-state index is 0.00998. The van der Waals surface area contributed by atoms with Gasteiger partial charge in [-0.25, -0.2) is 0 Å². The number of benzene rings is 2. The first kappa shape index (κ1) is 18.1. The molecule has 0 radical (unpaired) electrons. The Labute approximate surface area is 154 Å². The van der Waals surface area contributed by atoms with Crippen LogP contribution >= 0.6 is 0 Å². The average molecular weight is 363 g/mol. The minimum Gasteiger partial charge on any atom is -0.358 e. The van der Waals surface area contributed by atoms with Crippen molar-refractivity contribution < 1.29 is 9.72 Å². The molecule has 136 valence electrons. The Bertz CT molecular complexity index is 1100. The second kappa shape index (κ2) is 7.65. The summed E-state index contributed by atoms with van der Waals surface area (Å²) in [5.41, 5.74) is 2.64. The molecule has 0 spiro atoms. The number of pyridine rings is 1. The van der Waals surface area contributed by atoms with Gasteiger partial charge in [-0.3, -0.25) is 19.7 Å². The van der Waals surface area contributed by atoms with Gasteiger partial charge >= 0.3 is 0 Å². The summed E-state index contributed by atoms with van der Waals surface area (Å²) in [6, 6.07) is 12.5. The van der Waals surface area contributed by atoms with Crippen molar-refractivity contribution in [2.24, 2.45) is 0 Å². The summed E-state index contributed by atoms with van der Waals surface area (Å²) in [7, 11) is 0. The van der Waals surface area contributed by atoms with Crippen LogP contribution < -0.4 is 10.7 Å². The molecular weight excluding hydrogens is 346 g/mol. The van der Waals surface area contributed by atoms with E-state index in [4.69, 9.17) is 0 Å². The highest BCUT2D eigenvalue weighted by molar-refractivity contribution is 6.02. The summed E-state index contributed by atoms with van der Waals surface area (Å²) in [5.74, 6) is -0.366. The van der Waals surface area contributed by atoms with Gasteiger partial charge in [0.25, 0.3) is 5.69 Å². The predicted octanol–water partition coefficient (Wildman–Crippen LogP) is 3.65. The number of carbonyl (C=O) groups is 1. The zero-order valence-electron chi connectivity index (χ0n) is 14.6. The molecule has 0 saturated heterocycles. The second-order valence-electron chi connectivity index (χ2n) is 5.94. The third kappa shape index (κ3) is 4.27. The van der Waals surface area contributed by atoms with E-state index in [-0.39, 0.29) is 17.0 Å². The van der Waals surface area contributed by atoms with Gasteiger partial charge in [-0.05, 0) is 48.4 Å². The number of nitrogens with one attached hydrogen (secondary N) is 2. The maximum Gasteiger partial charge on any atom is 0.269 e. The van der Waals surface area contributed by atoms with Crippen molar-refractivity contribution in [2.45, 2.75) is 13.3 Å². The first-order chi connectivity index (χ1) is 13.0. The van der Waals surface area contributed by atoms with Gasteiger partial charge in [0.05, 0.1) is 4.92 Å². The fourth-order valence-electron chi connectivity index (χ4n) is 2.63. The minimum atomic E-state index is -0.481. The molecule has 0 atom stereocenters. The molecule has 3 aromatic rings. The topological polar surface area (TPSA) is 105 Å². The van der Waals surface area contributed by atoms with Crippen LogP contribution in [0, 0.1) is 10.1 Å². The average Bonchev–Trinajstić information content (AvgIpc) is 2.67. The summed E-state index contributed by atoms with van der Waals surface area (Å²) >= 11 is 0. The molecule has 1 aromatic heterocycles. The zero-order valence-corrected chi connectivity index (χ0v) is 14.6. The van der Waals surface area contributed by atoms with E-state index in [1.807, 2.05) is 6.92 Å². The zero-order chi connectivity index (χ0) is 19.4. The van der Waals surface area contributed by atoms with Crippen molar-refractivity contribution in [1.29, 1.82) is 0 Å². The van der Waals surface area contributed by atoms with Crippen molar-refractivity contribution in [2.75, 3.05) is 5.32 Å². The first-order valence-corrected chi connectivity index (χ1v) is 8.36. The van der Waals surface area contributed by atoms with Gasteiger partial charge < -0.3 is 10.3 Å². The van der Waals surface area contributed by atoms with Crippen LogP contribution in [0.5, 0.6) is 0 Å². The van der Waals surface area contributed by atoms with E-state index in [0.29, 0.717) is 16.6 Å². The lowest BCUT2D eigenvalue weighted by atomic mass is 10.1. The van der Waals surface area contributed by atoms with Gasteiger partial charge in [0.1, 0.15) is 0 Å². The van der Waals surface area contributed by atoms with E-state index in [9.17, 15) is 19.7 Å². The molecule has 7 heteroatoms. The lowest BCUT2D eigenvalue weighted by Crippen LogP contribution is -2.09. The highest BCUT2D eigenvalue weighted by atomic mass is 16.6. The fraction of sp³-hybridized carbons (Fsp3) is 0.100. The standard InChI is InChI=1S/C20H17N3O4/c1-2-14-12-19(24)17-11-15(6-9-18(17)21-14)22-20(25)10-5-13-3-7-16(8-4-13)23(26)27/h3-12H,2H2,1H3,(H,21,24)(H,22,25)/b10-5+. The third-order valence-corrected chi connectivity index (χ3v) is 4.07. The highest BCUT2D eigenvalue weighted by Crippen LogP contribution is 2.16. The quantitative estimate of drug-likeness (QED) is 0.410. The van der Waals surface area contributed by atoms with Crippen molar-refractivity contribution in [3.63, 3.8) is 0 Å². The number of H-pyrrole nitrogens is 1. The number of aromatic nitrogens is 1. The largest absolute Gasteiger partial charge is 0.358 e. The van der Waals surface area contributed by atoms with Gasteiger partial charge in [0.2, 0.25) is 5.91 Å². The number of carbonyl (C=O) groups excluding carboxylic acids is 1. The van der Waals surface area contributed by atoms with Crippen molar-refractivity contribution in [1.82, 2.24) is 4.98 Å². The van der Waals surface area contributed by atoms with E-state index in [2.05, 4.69) is 10.3 Å². The molecule has 7 nitrogen and oxygen atoms in total. The molecule has 1 amide bonds. The smallest absolute Gasteiger partial charge is 0.269 e. The third-order valence-electron chi connectivity index (χ3n) is 4.07. The molecule has 0 aliphatic rings. The summed E-state index contributed by atoms with van der Waals surface area (Å²) < 4.78 is 0. The van der Waals surface area contributed by atoms with Crippen molar-refractivity contribution in [3.05, 3.63) is 86.2 Å². The van der Waals surface area contributed by atoms with E-state index < -0.39 is 4.92 Å². The van der Waals surface area contributed by atoms with Gasteiger partial charge in [-0.2, -0.15) is 0 Å².